The first kappa shape index (κ1) is 16.1. The van der Waals surface area contributed by atoms with Crippen molar-refractivity contribution >= 4 is 36.6 Å². The summed E-state index contributed by atoms with van der Waals surface area (Å²) >= 11 is 1.92. The largest absolute Gasteiger partial charge is 0.314 e. The molecular formula is C11H18Cl2N2S. The smallest absolute Gasteiger partial charge is 0.0287 e. The van der Waals surface area contributed by atoms with Crippen molar-refractivity contribution in [1.29, 1.82) is 0 Å². The highest BCUT2D eigenvalue weighted by atomic mass is 35.5. The van der Waals surface area contributed by atoms with Gasteiger partial charge in [-0.3, -0.25) is 0 Å². The summed E-state index contributed by atoms with van der Waals surface area (Å²) in [5.74, 6) is 1.15. The van der Waals surface area contributed by atoms with Gasteiger partial charge in [-0.05, 0) is 12.1 Å². The second-order valence-corrected chi connectivity index (χ2v) is 4.57. The van der Waals surface area contributed by atoms with Crippen LogP contribution in [0, 0.1) is 0 Å². The summed E-state index contributed by atoms with van der Waals surface area (Å²) in [5.41, 5.74) is 0. The van der Waals surface area contributed by atoms with Crippen molar-refractivity contribution in [3.63, 3.8) is 0 Å². The topological polar surface area (TPSA) is 24.1 Å². The molecule has 1 atom stereocenters. The van der Waals surface area contributed by atoms with E-state index in [0.717, 1.165) is 25.4 Å². The molecule has 0 saturated carbocycles. The fourth-order valence-corrected chi connectivity index (χ4v) is 2.52. The summed E-state index contributed by atoms with van der Waals surface area (Å²) in [6.07, 6.45) is 0. The fourth-order valence-electron chi connectivity index (χ4n) is 1.54. The lowest BCUT2D eigenvalue weighted by Crippen LogP contribution is -2.49. The Kier molecular flexibility index (Phi) is 9.18. The van der Waals surface area contributed by atoms with Crippen LogP contribution < -0.4 is 10.6 Å². The van der Waals surface area contributed by atoms with E-state index >= 15 is 0 Å². The van der Waals surface area contributed by atoms with Crippen molar-refractivity contribution in [2.45, 2.75) is 10.9 Å². The lowest BCUT2D eigenvalue weighted by Gasteiger charge is -2.23. The average Bonchev–Trinajstić information content (AvgIpc) is 2.29. The number of hydrogen-bond acceptors (Lipinski definition) is 3. The molecule has 1 aromatic carbocycles. The van der Waals surface area contributed by atoms with Crippen molar-refractivity contribution in [3.8, 4) is 0 Å². The summed E-state index contributed by atoms with van der Waals surface area (Å²) in [6.45, 7) is 3.30. The summed E-state index contributed by atoms with van der Waals surface area (Å²) in [4.78, 5) is 1.36. The number of nitrogens with one attached hydrogen (secondary N) is 2. The number of thioether (sulfide) groups is 1. The molecular weight excluding hydrogens is 263 g/mol. The molecule has 2 nitrogen and oxygen atoms in total. The van der Waals surface area contributed by atoms with Crippen LogP contribution in [0.25, 0.3) is 0 Å². The van der Waals surface area contributed by atoms with Gasteiger partial charge in [0.1, 0.15) is 0 Å². The molecule has 0 aromatic heterocycles. The Morgan fingerprint density at radius 3 is 2.50 bits per heavy atom. The third-order valence-electron chi connectivity index (χ3n) is 2.32. The molecule has 92 valence electrons. The van der Waals surface area contributed by atoms with Gasteiger partial charge in [0.25, 0.3) is 0 Å². The van der Waals surface area contributed by atoms with Gasteiger partial charge in [-0.25, -0.2) is 0 Å². The highest BCUT2D eigenvalue weighted by Crippen LogP contribution is 2.17. The zero-order valence-electron chi connectivity index (χ0n) is 9.02. The maximum absolute atomic E-state index is 3.51. The summed E-state index contributed by atoms with van der Waals surface area (Å²) in [7, 11) is 0. The molecule has 1 aromatic rings. The maximum atomic E-state index is 3.51. The Bertz CT molecular complexity index is 266. The van der Waals surface area contributed by atoms with Gasteiger partial charge in [-0.2, -0.15) is 0 Å². The predicted octanol–water partition coefficient (Wildman–Crippen LogP) is 2.18. The minimum absolute atomic E-state index is 0. The standard InChI is InChI=1S/C11H16N2S.2ClH/c1-2-4-11(5-3-1)14-9-10-8-12-6-7-13-10;;/h1-5,10,12-13H,6-9H2;2*1H. The normalized spacial score (nSPS) is 19.4. The third kappa shape index (κ3) is 5.41. The van der Waals surface area contributed by atoms with Crippen LogP contribution >= 0.6 is 36.6 Å². The summed E-state index contributed by atoms with van der Waals surface area (Å²) < 4.78 is 0. The van der Waals surface area contributed by atoms with E-state index in [4.69, 9.17) is 0 Å². The second-order valence-electron chi connectivity index (χ2n) is 3.48. The van der Waals surface area contributed by atoms with Gasteiger partial charge in [0, 0.05) is 36.3 Å². The van der Waals surface area contributed by atoms with Crippen LogP contribution in [0.5, 0.6) is 0 Å². The zero-order valence-corrected chi connectivity index (χ0v) is 11.5. The molecule has 1 saturated heterocycles. The van der Waals surface area contributed by atoms with Gasteiger partial charge < -0.3 is 10.6 Å². The Labute approximate surface area is 114 Å². The van der Waals surface area contributed by atoms with Gasteiger partial charge >= 0.3 is 0 Å². The number of halogens is 2. The van der Waals surface area contributed by atoms with Crippen molar-refractivity contribution in [3.05, 3.63) is 30.3 Å². The minimum Gasteiger partial charge on any atom is -0.314 e. The van der Waals surface area contributed by atoms with Crippen molar-refractivity contribution in [2.24, 2.45) is 0 Å². The average molecular weight is 281 g/mol. The Morgan fingerprint density at radius 2 is 1.88 bits per heavy atom. The lowest BCUT2D eigenvalue weighted by atomic mass is 10.3. The molecule has 2 N–H and O–H groups in total. The molecule has 1 fully saturated rings. The molecule has 0 bridgehead atoms. The molecule has 0 amide bonds. The molecule has 1 aliphatic rings. The molecule has 0 aliphatic carbocycles. The Balaban J connectivity index is 0.00000112. The second kappa shape index (κ2) is 9.14. The third-order valence-corrected chi connectivity index (χ3v) is 3.49. The highest BCUT2D eigenvalue weighted by Gasteiger charge is 2.11. The van der Waals surface area contributed by atoms with E-state index in [0.29, 0.717) is 6.04 Å². The van der Waals surface area contributed by atoms with E-state index in [1.54, 1.807) is 0 Å². The van der Waals surface area contributed by atoms with Crippen LogP contribution in [0.4, 0.5) is 0 Å². The first-order valence-corrected chi connectivity index (χ1v) is 6.05. The number of rotatable bonds is 3. The van der Waals surface area contributed by atoms with Crippen LogP contribution in [-0.2, 0) is 0 Å². The van der Waals surface area contributed by atoms with Gasteiger partial charge in [0.15, 0.2) is 0 Å². The van der Waals surface area contributed by atoms with Crippen molar-refractivity contribution in [1.82, 2.24) is 10.6 Å². The maximum Gasteiger partial charge on any atom is 0.0287 e. The Hall–Kier alpha value is 0.0700. The fraction of sp³-hybridized carbons (Fsp3) is 0.455. The summed E-state index contributed by atoms with van der Waals surface area (Å²) in [6, 6.07) is 11.2. The number of hydrogen-bond donors (Lipinski definition) is 2. The van der Waals surface area contributed by atoms with E-state index < -0.39 is 0 Å². The molecule has 1 unspecified atom stereocenters. The first-order chi connectivity index (χ1) is 6.95. The number of benzene rings is 1. The van der Waals surface area contributed by atoms with E-state index in [2.05, 4.69) is 41.0 Å². The zero-order chi connectivity index (χ0) is 9.64. The highest BCUT2D eigenvalue weighted by molar-refractivity contribution is 7.99. The van der Waals surface area contributed by atoms with Crippen LogP contribution in [-0.4, -0.2) is 31.4 Å². The quantitative estimate of drug-likeness (QED) is 0.830. The predicted molar refractivity (Wildman–Crippen MR) is 76.3 cm³/mol. The molecule has 0 radical (unpaired) electrons. The molecule has 1 heterocycles. The molecule has 2 rings (SSSR count). The monoisotopic (exact) mass is 280 g/mol. The van der Waals surface area contributed by atoms with Crippen LogP contribution in [0.1, 0.15) is 0 Å². The van der Waals surface area contributed by atoms with Gasteiger partial charge in [0.05, 0.1) is 0 Å². The van der Waals surface area contributed by atoms with E-state index in [9.17, 15) is 0 Å². The molecule has 5 heteroatoms. The summed E-state index contributed by atoms with van der Waals surface area (Å²) in [5, 5.41) is 6.90. The van der Waals surface area contributed by atoms with Crippen LogP contribution in [0.15, 0.2) is 35.2 Å². The first-order valence-electron chi connectivity index (χ1n) is 5.07. The molecule has 0 spiro atoms. The van der Waals surface area contributed by atoms with Crippen molar-refractivity contribution in [2.75, 3.05) is 25.4 Å². The number of piperazine rings is 1. The lowest BCUT2D eigenvalue weighted by molar-refractivity contribution is 0.447. The van der Waals surface area contributed by atoms with E-state index in [-0.39, 0.29) is 24.8 Å². The van der Waals surface area contributed by atoms with Crippen molar-refractivity contribution < 1.29 is 0 Å². The van der Waals surface area contributed by atoms with E-state index in [1.165, 1.54) is 4.90 Å². The Morgan fingerprint density at radius 1 is 1.12 bits per heavy atom. The van der Waals surface area contributed by atoms with Gasteiger partial charge in [0.2, 0.25) is 0 Å². The van der Waals surface area contributed by atoms with Crippen LogP contribution in [0.3, 0.4) is 0 Å². The molecule has 1 aliphatic heterocycles. The molecule has 16 heavy (non-hydrogen) atoms. The van der Waals surface area contributed by atoms with E-state index in [1.807, 2.05) is 11.8 Å². The minimum atomic E-state index is 0. The van der Waals surface area contributed by atoms with Crippen LogP contribution in [0.2, 0.25) is 0 Å². The van der Waals surface area contributed by atoms with Gasteiger partial charge in [-0.15, -0.1) is 36.6 Å². The van der Waals surface area contributed by atoms with Gasteiger partial charge in [-0.1, -0.05) is 18.2 Å². The SMILES string of the molecule is Cl.Cl.c1ccc(SCC2CNCCN2)cc1.